The van der Waals surface area contributed by atoms with Gasteiger partial charge in [-0.3, -0.25) is 0 Å². The number of hydrogen-bond donors (Lipinski definition) is 0. The smallest absolute Gasteiger partial charge is 0.0636 e. The number of unbranched alkanes of at least 4 members (excludes halogenated alkanes) is 2. The second kappa shape index (κ2) is 5.55. The molecule has 0 saturated carbocycles. The first-order valence-electron chi connectivity index (χ1n) is 5.10. The van der Waals surface area contributed by atoms with E-state index in [9.17, 15) is 0 Å². The SMILES string of the molecule is CCCCCC1COCC(C)[N]1. The van der Waals surface area contributed by atoms with E-state index in [4.69, 9.17) is 4.74 Å². The first-order valence-corrected chi connectivity index (χ1v) is 5.10. The van der Waals surface area contributed by atoms with E-state index in [2.05, 4.69) is 19.2 Å². The average Bonchev–Trinajstić information content (AvgIpc) is 2.05. The van der Waals surface area contributed by atoms with Crippen molar-refractivity contribution in [1.29, 1.82) is 0 Å². The van der Waals surface area contributed by atoms with Crippen molar-refractivity contribution in [2.24, 2.45) is 0 Å². The van der Waals surface area contributed by atoms with Crippen LogP contribution in [0.1, 0.15) is 39.5 Å². The van der Waals surface area contributed by atoms with Gasteiger partial charge in [0.05, 0.1) is 13.2 Å². The third-order valence-corrected chi connectivity index (χ3v) is 2.28. The summed E-state index contributed by atoms with van der Waals surface area (Å²) in [5.74, 6) is 0. The standard InChI is InChI=1S/C10H20NO/c1-3-4-5-6-10-8-12-7-9(2)11-10/h9-10H,3-8H2,1-2H3. The summed E-state index contributed by atoms with van der Waals surface area (Å²) >= 11 is 0. The van der Waals surface area contributed by atoms with E-state index in [0.717, 1.165) is 13.2 Å². The number of hydrogen-bond acceptors (Lipinski definition) is 1. The molecule has 1 aliphatic rings. The van der Waals surface area contributed by atoms with Gasteiger partial charge in [0, 0.05) is 12.1 Å². The Morgan fingerprint density at radius 1 is 1.33 bits per heavy atom. The highest BCUT2D eigenvalue weighted by Crippen LogP contribution is 2.09. The van der Waals surface area contributed by atoms with Crippen LogP contribution >= 0.6 is 0 Å². The lowest BCUT2D eigenvalue weighted by atomic mass is 10.1. The van der Waals surface area contributed by atoms with E-state index in [1.54, 1.807) is 0 Å². The van der Waals surface area contributed by atoms with Crippen LogP contribution in [-0.4, -0.2) is 25.3 Å². The largest absolute Gasteiger partial charge is 0.378 e. The highest BCUT2D eigenvalue weighted by molar-refractivity contribution is 4.74. The van der Waals surface area contributed by atoms with Crippen LogP contribution in [0.2, 0.25) is 0 Å². The molecule has 2 atom stereocenters. The van der Waals surface area contributed by atoms with Gasteiger partial charge >= 0.3 is 0 Å². The van der Waals surface area contributed by atoms with E-state index in [-0.39, 0.29) is 0 Å². The summed E-state index contributed by atoms with van der Waals surface area (Å²) < 4.78 is 5.43. The molecule has 0 aromatic rings. The van der Waals surface area contributed by atoms with Crippen LogP contribution in [0.15, 0.2) is 0 Å². The van der Waals surface area contributed by atoms with Crippen molar-refractivity contribution < 1.29 is 4.74 Å². The molecule has 0 aliphatic carbocycles. The summed E-state index contributed by atoms with van der Waals surface area (Å²) in [6, 6.07) is 0.908. The van der Waals surface area contributed by atoms with Gasteiger partial charge in [0.15, 0.2) is 0 Å². The molecule has 12 heavy (non-hydrogen) atoms. The lowest BCUT2D eigenvalue weighted by molar-refractivity contribution is 0.0447. The van der Waals surface area contributed by atoms with E-state index in [1.165, 1.54) is 25.7 Å². The van der Waals surface area contributed by atoms with Crippen molar-refractivity contribution in [3.8, 4) is 0 Å². The van der Waals surface area contributed by atoms with Gasteiger partial charge in [-0.2, -0.15) is 0 Å². The highest BCUT2D eigenvalue weighted by atomic mass is 16.5. The molecule has 1 rings (SSSR count). The maximum Gasteiger partial charge on any atom is 0.0636 e. The minimum atomic E-state index is 0.422. The number of nitrogens with zero attached hydrogens (tertiary/aromatic N) is 1. The van der Waals surface area contributed by atoms with Crippen molar-refractivity contribution in [1.82, 2.24) is 5.32 Å². The van der Waals surface area contributed by atoms with Gasteiger partial charge in [0.25, 0.3) is 0 Å². The number of rotatable bonds is 4. The van der Waals surface area contributed by atoms with Crippen molar-refractivity contribution in [3.63, 3.8) is 0 Å². The molecule has 0 aromatic heterocycles. The van der Waals surface area contributed by atoms with Gasteiger partial charge in [0.2, 0.25) is 0 Å². The Kier molecular flexibility index (Phi) is 4.62. The molecule has 1 aliphatic heterocycles. The molecule has 1 fully saturated rings. The third-order valence-electron chi connectivity index (χ3n) is 2.28. The van der Waals surface area contributed by atoms with Gasteiger partial charge < -0.3 is 4.74 Å². The zero-order valence-corrected chi connectivity index (χ0v) is 8.25. The summed E-state index contributed by atoms with van der Waals surface area (Å²) in [4.78, 5) is 0. The zero-order chi connectivity index (χ0) is 8.81. The second-order valence-electron chi connectivity index (χ2n) is 3.69. The molecular formula is C10H20NO. The predicted molar refractivity (Wildman–Crippen MR) is 50.3 cm³/mol. The van der Waals surface area contributed by atoms with Crippen LogP contribution in [0.3, 0.4) is 0 Å². The number of morpholine rings is 1. The van der Waals surface area contributed by atoms with Crippen molar-refractivity contribution in [2.45, 2.75) is 51.6 Å². The van der Waals surface area contributed by atoms with Gasteiger partial charge in [-0.05, 0) is 13.3 Å². The van der Waals surface area contributed by atoms with Gasteiger partial charge in [-0.25, -0.2) is 5.32 Å². The van der Waals surface area contributed by atoms with Crippen LogP contribution in [0.25, 0.3) is 0 Å². The van der Waals surface area contributed by atoms with E-state index >= 15 is 0 Å². The van der Waals surface area contributed by atoms with Crippen LogP contribution in [-0.2, 0) is 4.74 Å². The first-order chi connectivity index (χ1) is 5.83. The molecule has 0 spiro atoms. The molecule has 2 unspecified atom stereocenters. The minimum absolute atomic E-state index is 0.422. The van der Waals surface area contributed by atoms with E-state index in [1.807, 2.05) is 0 Å². The lowest BCUT2D eigenvalue weighted by Crippen LogP contribution is -2.41. The van der Waals surface area contributed by atoms with Crippen molar-refractivity contribution in [3.05, 3.63) is 0 Å². The topological polar surface area (TPSA) is 23.3 Å². The predicted octanol–water partition coefficient (Wildman–Crippen LogP) is 1.96. The van der Waals surface area contributed by atoms with E-state index < -0.39 is 0 Å². The quantitative estimate of drug-likeness (QED) is 0.591. The normalized spacial score (nSPS) is 30.5. The summed E-state index contributed by atoms with van der Waals surface area (Å²) in [6.45, 7) is 6.04. The summed E-state index contributed by atoms with van der Waals surface area (Å²) in [7, 11) is 0. The summed E-state index contributed by atoms with van der Waals surface area (Å²) in [6.07, 6.45) is 5.16. The maximum atomic E-state index is 5.43. The summed E-state index contributed by atoms with van der Waals surface area (Å²) in [5.41, 5.74) is 0. The fraction of sp³-hybridized carbons (Fsp3) is 1.00. The molecule has 71 valence electrons. The highest BCUT2D eigenvalue weighted by Gasteiger charge is 2.18. The summed E-state index contributed by atoms with van der Waals surface area (Å²) in [5, 5.41) is 4.63. The fourth-order valence-corrected chi connectivity index (χ4v) is 1.61. The van der Waals surface area contributed by atoms with Gasteiger partial charge in [-0.1, -0.05) is 26.2 Å². The molecule has 0 amide bonds. The Bertz CT molecular complexity index is 116. The molecule has 0 aromatic carbocycles. The Labute approximate surface area is 75.7 Å². The van der Waals surface area contributed by atoms with Crippen molar-refractivity contribution >= 4 is 0 Å². The molecule has 1 radical (unpaired) electrons. The molecule has 1 heterocycles. The van der Waals surface area contributed by atoms with Crippen molar-refractivity contribution in [2.75, 3.05) is 13.2 Å². The van der Waals surface area contributed by atoms with Gasteiger partial charge in [-0.15, -0.1) is 0 Å². The first kappa shape index (κ1) is 10.0. The minimum Gasteiger partial charge on any atom is -0.378 e. The molecule has 2 nitrogen and oxygen atoms in total. The van der Waals surface area contributed by atoms with Crippen LogP contribution in [0, 0.1) is 0 Å². The molecule has 2 heteroatoms. The maximum absolute atomic E-state index is 5.43. The Hall–Kier alpha value is -0.0800. The van der Waals surface area contributed by atoms with Crippen LogP contribution in [0.4, 0.5) is 0 Å². The van der Waals surface area contributed by atoms with Crippen LogP contribution < -0.4 is 5.32 Å². The average molecular weight is 170 g/mol. The van der Waals surface area contributed by atoms with Gasteiger partial charge in [0.1, 0.15) is 0 Å². The molecule has 1 saturated heterocycles. The van der Waals surface area contributed by atoms with E-state index in [0.29, 0.717) is 12.1 Å². The number of ether oxygens (including phenoxy) is 1. The Balaban J connectivity index is 2.06. The Morgan fingerprint density at radius 3 is 2.83 bits per heavy atom. The molecule has 0 N–H and O–H groups in total. The Morgan fingerprint density at radius 2 is 2.17 bits per heavy atom. The van der Waals surface area contributed by atoms with Crippen LogP contribution in [0.5, 0.6) is 0 Å². The fourth-order valence-electron chi connectivity index (χ4n) is 1.61. The second-order valence-corrected chi connectivity index (χ2v) is 3.69. The zero-order valence-electron chi connectivity index (χ0n) is 8.25. The molecular weight excluding hydrogens is 150 g/mol. The third kappa shape index (κ3) is 3.55. The molecule has 0 bridgehead atoms. The lowest BCUT2D eigenvalue weighted by Gasteiger charge is -2.26. The monoisotopic (exact) mass is 170 g/mol.